The standard InChI is InChI=1S/C18H22BF2NO2/c1-5-18(4)17(2,3)23-19(24-18)13-10-12(14(20)11-15(13)21)16-8-6-7-9-22-16/h6-8,10-11,22H,5,9H2,1-4H3. The highest BCUT2D eigenvalue weighted by Crippen LogP contribution is 2.39. The molecule has 24 heavy (non-hydrogen) atoms. The number of allylic oxidation sites excluding steroid dienone is 2. The third-order valence-electron chi connectivity index (χ3n) is 5.16. The monoisotopic (exact) mass is 333 g/mol. The molecule has 6 heteroatoms. The van der Waals surface area contributed by atoms with Crippen molar-refractivity contribution in [3.8, 4) is 0 Å². The maximum absolute atomic E-state index is 14.4. The minimum absolute atomic E-state index is 0.217. The van der Waals surface area contributed by atoms with E-state index in [4.69, 9.17) is 9.31 Å². The Kier molecular flexibility index (Phi) is 4.30. The second kappa shape index (κ2) is 6.01. The minimum atomic E-state index is -0.857. The van der Waals surface area contributed by atoms with Crippen molar-refractivity contribution in [2.24, 2.45) is 0 Å². The Morgan fingerprint density at radius 3 is 2.50 bits per heavy atom. The maximum Gasteiger partial charge on any atom is 0.497 e. The van der Waals surface area contributed by atoms with Crippen LogP contribution in [0.4, 0.5) is 8.78 Å². The summed E-state index contributed by atoms with van der Waals surface area (Å²) >= 11 is 0. The van der Waals surface area contributed by atoms with Crippen molar-refractivity contribution in [3.05, 3.63) is 47.6 Å². The molecular formula is C18H22BF2NO2. The SMILES string of the molecule is CCC1(C)OB(c2cc(C3=CC=CCN3)c(F)cc2F)OC1(C)C. The minimum Gasteiger partial charge on any atom is -0.399 e. The van der Waals surface area contributed by atoms with Crippen molar-refractivity contribution in [1.29, 1.82) is 0 Å². The van der Waals surface area contributed by atoms with Crippen LogP contribution >= 0.6 is 0 Å². The number of halogens is 2. The van der Waals surface area contributed by atoms with Crippen LogP contribution in [-0.2, 0) is 9.31 Å². The van der Waals surface area contributed by atoms with Crippen LogP contribution < -0.4 is 10.8 Å². The first-order valence-electron chi connectivity index (χ1n) is 8.23. The molecule has 2 aliphatic heterocycles. The zero-order valence-corrected chi connectivity index (χ0v) is 14.5. The van der Waals surface area contributed by atoms with Gasteiger partial charge in [-0.05, 0) is 39.3 Å². The first-order chi connectivity index (χ1) is 11.3. The van der Waals surface area contributed by atoms with Gasteiger partial charge < -0.3 is 14.6 Å². The molecule has 2 heterocycles. The van der Waals surface area contributed by atoms with Crippen LogP contribution in [-0.4, -0.2) is 24.9 Å². The third kappa shape index (κ3) is 2.78. The van der Waals surface area contributed by atoms with E-state index >= 15 is 0 Å². The molecule has 2 aliphatic rings. The Labute approximate surface area is 141 Å². The Balaban J connectivity index is 2.00. The first kappa shape index (κ1) is 17.2. The lowest BCUT2D eigenvalue weighted by atomic mass is 9.77. The van der Waals surface area contributed by atoms with Gasteiger partial charge in [0.25, 0.3) is 0 Å². The van der Waals surface area contributed by atoms with Crippen molar-refractivity contribution in [2.75, 3.05) is 6.54 Å². The van der Waals surface area contributed by atoms with Crippen molar-refractivity contribution in [3.63, 3.8) is 0 Å². The molecule has 0 bridgehead atoms. The van der Waals surface area contributed by atoms with E-state index in [1.165, 1.54) is 6.07 Å². The molecule has 1 aromatic carbocycles. The largest absolute Gasteiger partial charge is 0.497 e. The van der Waals surface area contributed by atoms with Crippen LogP contribution in [0.15, 0.2) is 30.4 Å². The zero-order chi connectivity index (χ0) is 17.5. The van der Waals surface area contributed by atoms with Gasteiger partial charge in [0, 0.05) is 29.3 Å². The average molecular weight is 333 g/mol. The summed E-state index contributed by atoms with van der Waals surface area (Å²) < 4.78 is 40.6. The van der Waals surface area contributed by atoms with E-state index in [0.717, 1.165) is 12.5 Å². The Morgan fingerprint density at radius 1 is 1.17 bits per heavy atom. The molecule has 1 N–H and O–H groups in total. The molecule has 1 saturated heterocycles. The zero-order valence-electron chi connectivity index (χ0n) is 14.5. The number of nitrogens with one attached hydrogen (secondary N) is 1. The van der Waals surface area contributed by atoms with Crippen LogP contribution in [0.1, 0.15) is 39.7 Å². The van der Waals surface area contributed by atoms with Crippen molar-refractivity contribution in [1.82, 2.24) is 5.32 Å². The molecule has 3 rings (SSSR count). The molecule has 0 spiro atoms. The summed E-state index contributed by atoms with van der Waals surface area (Å²) in [5, 5.41) is 3.09. The van der Waals surface area contributed by atoms with Crippen molar-refractivity contribution < 1.29 is 18.1 Å². The van der Waals surface area contributed by atoms with E-state index < -0.39 is 30.0 Å². The quantitative estimate of drug-likeness (QED) is 0.862. The summed E-state index contributed by atoms with van der Waals surface area (Å²) in [5.74, 6) is -1.27. The number of dihydropyridines is 1. The van der Waals surface area contributed by atoms with Crippen LogP contribution in [0.3, 0.4) is 0 Å². The fourth-order valence-electron chi connectivity index (χ4n) is 3.03. The van der Waals surface area contributed by atoms with Gasteiger partial charge in [-0.25, -0.2) is 8.78 Å². The average Bonchev–Trinajstić information content (AvgIpc) is 2.78. The molecule has 1 fully saturated rings. The van der Waals surface area contributed by atoms with Crippen LogP contribution in [0.5, 0.6) is 0 Å². The highest BCUT2D eigenvalue weighted by Gasteiger charge is 2.54. The normalized spacial score (nSPS) is 25.6. The summed E-state index contributed by atoms with van der Waals surface area (Å²) in [6, 6.07) is 2.37. The van der Waals surface area contributed by atoms with Gasteiger partial charge in [0.05, 0.1) is 11.2 Å². The van der Waals surface area contributed by atoms with E-state index in [1.807, 2.05) is 39.8 Å². The molecule has 128 valence electrons. The molecular weight excluding hydrogens is 311 g/mol. The molecule has 1 atom stereocenters. The molecule has 0 radical (unpaired) electrons. The fraction of sp³-hybridized carbons (Fsp3) is 0.444. The summed E-state index contributed by atoms with van der Waals surface area (Å²) in [6.45, 7) is 8.41. The van der Waals surface area contributed by atoms with Crippen LogP contribution in [0, 0.1) is 11.6 Å². The van der Waals surface area contributed by atoms with Gasteiger partial charge in [0.2, 0.25) is 0 Å². The second-order valence-corrected chi connectivity index (χ2v) is 6.91. The summed E-state index contributed by atoms with van der Waals surface area (Å²) in [4.78, 5) is 0. The van der Waals surface area contributed by atoms with Gasteiger partial charge in [0.15, 0.2) is 0 Å². The number of hydrogen-bond acceptors (Lipinski definition) is 3. The predicted molar refractivity (Wildman–Crippen MR) is 91.8 cm³/mol. The summed E-state index contributed by atoms with van der Waals surface area (Å²) in [5.41, 5.74) is 0.0360. The highest BCUT2D eigenvalue weighted by molar-refractivity contribution is 6.62. The topological polar surface area (TPSA) is 30.5 Å². The lowest BCUT2D eigenvalue weighted by Gasteiger charge is -2.35. The van der Waals surface area contributed by atoms with Crippen molar-refractivity contribution >= 4 is 18.3 Å². The smallest absolute Gasteiger partial charge is 0.399 e. The molecule has 1 unspecified atom stereocenters. The molecule has 0 aromatic heterocycles. The lowest BCUT2D eigenvalue weighted by Crippen LogP contribution is -2.44. The predicted octanol–water partition coefficient (Wildman–Crippen LogP) is 3.15. The van der Waals surface area contributed by atoms with Crippen LogP contribution in [0.25, 0.3) is 5.70 Å². The fourth-order valence-corrected chi connectivity index (χ4v) is 3.03. The molecule has 0 aliphatic carbocycles. The maximum atomic E-state index is 14.4. The van der Waals surface area contributed by atoms with E-state index in [0.29, 0.717) is 17.8 Å². The first-order valence-corrected chi connectivity index (χ1v) is 8.23. The highest BCUT2D eigenvalue weighted by atomic mass is 19.1. The summed E-state index contributed by atoms with van der Waals surface area (Å²) in [7, 11) is -0.857. The number of benzene rings is 1. The summed E-state index contributed by atoms with van der Waals surface area (Å²) in [6.07, 6.45) is 6.25. The van der Waals surface area contributed by atoms with E-state index in [9.17, 15) is 8.78 Å². The van der Waals surface area contributed by atoms with E-state index in [2.05, 4.69) is 5.32 Å². The van der Waals surface area contributed by atoms with Gasteiger partial charge in [-0.3, -0.25) is 0 Å². The second-order valence-electron chi connectivity index (χ2n) is 6.91. The van der Waals surface area contributed by atoms with E-state index in [-0.39, 0.29) is 5.46 Å². The van der Waals surface area contributed by atoms with Gasteiger partial charge >= 0.3 is 7.12 Å². The molecule has 1 aromatic rings. The number of hydrogen-bond donors (Lipinski definition) is 1. The number of rotatable bonds is 3. The third-order valence-corrected chi connectivity index (χ3v) is 5.16. The molecule has 3 nitrogen and oxygen atoms in total. The lowest BCUT2D eigenvalue weighted by molar-refractivity contribution is -0.0118. The Bertz CT molecular complexity index is 717. The Hall–Kier alpha value is -1.66. The van der Waals surface area contributed by atoms with Crippen molar-refractivity contribution in [2.45, 2.75) is 45.3 Å². The van der Waals surface area contributed by atoms with Gasteiger partial charge in [-0.2, -0.15) is 0 Å². The Morgan fingerprint density at radius 2 is 1.92 bits per heavy atom. The molecule has 0 saturated carbocycles. The van der Waals surface area contributed by atoms with Crippen LogP contribution in [0.2, 0.25) is 0 Å². The van der Waals surface area contributed by atoms with Gasteiger partial charge in [-0.1, -0.05) is 19.1 Å². The van der Waals surface area contributed by atoms with Gasteiger partial charge in [-0.15, -0.1) is 0 Å². The van der Waals surface area contributed by atoms with E-state index in [1.54, 1.807) is 6.08 Å². The van der Waals surface area contributed by atoms with Gasteiger partial charge in [0.1, 0.15) is 11.6 Å². The molecule has 0 amide bonds.